The van der Waals surface area contributed by atoms with Gasteiger partial charge in [0.05, 0.1) is 21.5 Å². The van der Waals surface area contributed by atoms with Gasteiger partial charge >= 0.3 is 11.9 Å². The Morgan fingerprint density at radius 1 is 1.26 bits per heavy atom. The Hall–Kier alpha value is -2.62. The number of halogens is 4. The third-order valence-corrected chi connectivity index (χ3v) is 6.42. The molecular formula is C20H21ClF3N5O2. The quantitative estimate of drug-likeness (QED) is 0.663. The molecule has 1 amide bonds. The molecule has 0 spiro atoms. The molecule has 2 aromatic heterocycles. The summed E-state index contributed by atoms with van der Waals surface area (Å²) in [5, 5.41) is 0.745. The second-order valence-corrected chi connectivity index (χ2v) is 8.43. The van der Waals surface area contributed by atoms with Crippen LogP contribution in [0.2, 0.25) is 5.02 Å². The fraction of sp³-hybridized carbons (Fsp3) is 0.500. The summed E-state index contributed by atoms with van der Waals surface area (Å²) in [7, 11) is 0. The minimum atomic E-state index is -4.41. The molecule has 1 saturated heterocycles. The van der Waals surface area contributed by atoms with Crippen molar-refractivity contribution in [2.75, 3.05) is 31.1 Å². The van der Waals surface area contributed by atoms with Crippen LogP contribution in [0.1, 0.15) is 18.5 Å². The van der Waals surface area contributed by atoms with Crippen molar-refractivity contribution in [2.24, 2.45) is 5.41 Å². The Labute approximate surface area is 181 Å². The monoisotopic (exact) mass is 455 g/mol. The Bertz CT molecular complexity index is 1120. The first-order chi connectivity index (χ1) is 14.6. The number of hydrogen-bond acceptors (Lipinski definition) is 5. The minimum absolute atomic E-state index is 0.0297. The number of aromatic nitrogens is 3. The zero-order chi connectivity index (χ0) is 22.6. The number of fused-ring (bicyclic) bond motifs is 1. The zero-order valence-electron chi connectivity index (χ0n) is 16.9. The molecule has 2 aliphatic rings. The highest BCUT2D eigenvalue weighted by molar-refractivity contribution is 6.31. The molecule has 2 aromatic rings. The molecule has 3 heterocycles. The molecule has 4 rings (SSSR count). The molecular weight excluding hydrogens is 435 g/mol. The largest absolute Gasteiger partial charge is 0.396 e. The summed E-state index contributed by atoms with van der Waals surface area (Å²) in [6.45, 7) is 6.21. The highest BCUT2D eigenvalue weighted by Crippen LogP contribution is 2.58. The number of pyridine rings is 1. The second-order valence-electron chi connectivity index (χ2n) is 8.03. The molecule has 1 aliphatic heterocycles. The summed E-state index contributed by atoms with van der Waals surface area (Å²) in [5.41, 5.74) is -2.15. The number of nitrogens with zero attached hydrogens (tertiary/aromatic N) is 5. The number of aryl methyl sites for hydroxylation is 1. The lowest BCUT2D eigenvalue weighted by atomic mass is 10.1. The Morgan fingerprint density at radius 2 is 1.90 bits per heavy atom. The fourth-order valence-electron chi connectivity index (χ4n) is 3.88. The van der Waals surface area contributed by atoms with Crippen molar-refractivity contribution in [1.29, 1.82) is 0 Å². The third kappa shape index (κ3) is 3.77. The molecule has 0 bridgehead atoms. The average Bonchev–Trinajstić information content (AvgIpc) is 3.52. The van der Waals surface area contributed by atoms with E-state index in [1.807, 2.05) is 4.90 Å². The SMILES string of the molecule is C=CC(=O)N1CCN(c2nc(=O)n(CC3(C(F)(F)F)CC3)c3nc(C)c(Cl)cc23)CC1. The molecule has 2 fully saturated rings. The van der Waals surface area contributed by atoms with E-state index in [9.17, 15) is 22.8 Å². The van der Waals surface area contributed by atoms with E-state index in [4.69, 9.17) is 11.6 Å². The Morgan fingerprint density at radius 3 is 2.45 bits per heavy atom. The molecule has 0 atom stereocenters. The lowest BCUT2D eigenvalue weighted by Gasteiger charge is -2.35. The van der Waals surface area contributed by atoms with E-state index >= 15 is 0 Å². The van der Waals surface area contributed by atoms with E-state index in [0.717, 1.165) is 4.57 Å². The first-order valence-electron chi connectivity index (χ1n) is 9.87. The number of piperazine rings is 1. The lowest BCUT2D eigenvalue weighted by molar-refractivity contribution is -0.190. The second kappa shape index (κ2) is 7.51. The molecule has 1 saturated carbocycles. The van der Waals surface area contributed by atoms with Crippen LogP contribution in [-0.4, -0.2) is 57.7 Å². The summed E-state index contributed by atoms with van der Waals surface area (Å²) in [6, 6.07) is 1.59. The summed E-state index contributed by atoms with van der Waals surface area (Å²) in [6.07, 6.45) is -3.23. The number of carbonyl (C=O) groups excluding carboxylic acids is 1. The van der Waals surface area contributed by atoms with Crippen molar-refractivity contribution in [2.45, 2.75) is 32.5 Å². The first-order valence-corrected chi connectivity index (χ1v) is 10.2. The third-order valence-electron chi connectivity index (χ3n) is 6.04. The molecule has 1 aliphatic carbocycles. The standard InChI is InChI=1S/C20H21ClF3N5O2/c1-3-15(30)27-6-8-28(9-7-27)16-13-10-14(21)12(2)25-17(13)29(18(31)26-16)11-19(4-5-19)20(22,23)24/h3,10H,1,4-9,11H2,2H3. The van der Waals surface area contributed by atoms with E-state index < -0.39 is 23.8 Å². The molecule has 0 unspecified atom stereocenters. The number of hydrogen-bond donors (Lipinski definition) is 0. The van der Waals surface area contributed by atoms with Crippen LogP contribution in [0.5, 0.6) is 0 Å². The number of amides is 1. The normalized spacial score (nSPS) is 18.4. The maximum Gasteiger partial charge on any atom is 0.396 e. The topological polar surface area (TPSA) is 71.3 Å². The van der Waals surface area contributed by atoms with Gasteiger partial charge in [-0.1, -0.05) is 18.2 Å². The number of carbonyl (C=O) groups is 1. The van der Waals surface area contributed by atoms with E-state index in [1.165, 1.54) is 6.08 Å². The Balaban J connectivity index is 1.77. The maximum atomic E-state index is 13.5. The van der Waals surface area contributed by atoms with Crippen LogP contribution in [0.25, 0.3) is 11.0 Å². The molecule has 0 radical (unpaired) electrons. The smallest absolute Gasteiger partial charge is 0.352 e. The molecule has 11 heteroatoms. The minimum Gasteiger partial charge on any atom is -0.352 e. The van der Waals surface area contributed by atoms with Crippen molar-refractivity contribution in [3.05, 3.63) is 39.9 Å². The van der Waals surface area contributed by atoms with Crippen molar-refractivity contribution in [3.63, 3.8) is 0 Å². The average molecular weight is 456 g/mol. The van der Waals surface area contributed by atoms with Crippen molar-refractivity contribution in [3.8, 4) is 0 Å². The van der Waals surface area contributed by atoms with E-state index in [0.29, 0.717) is 48.1 Å². The fourth-order valence-corrected chi connectivity index (χ4v) is 4.03. The summed E-state index contributed by atoms with van der Waals surface area (Å²) >= 11 is 6.25. The van der Waals surface area contributed by atoms with Gasteiger partial charge in [0.25, 0.3) is 0 Å². The number of rotatable bonds is 4. The van der Waals surface area contributed by atoms with Crippen LogP contribution in [0.15, 0.2) is 23.5 Å². The molecule has 0 N–H and O–H groups in total. The predicted octanol–water partition coefficient (Wildman–Crippen LogP) is 2.93. The highest BCUT2D eigenvalue weighted by atomic mass is 35.5. The van der Waals surface area contributed by atoms with E-state index in [1.54, 1.807) is 17.9 Å². The van der Waals surface area contributed by atoms with E-state index in [-0.39, 0.29) is 24.4 Å². The van der Waals surface area contributed by atoms with Gasteiger partial charge in [-0.3, -0.25) is 9.36 Å². The molecule has 7 nitrogen and oxygen atoms in total. The molecule has 0 aromatic carbocycles. The van der Waals surface area contributed by atoms with Crippen LogP contribution >= 0.6 is 11.6 Å². The van der Waals surface area contributed by atoms with Crippen molar-refractivity contribution < 1.29 is 18.0 Å². The van der Waals surface area contributed by atoms with Gasteiger partial charge in [0.2, 0.25) is 5.91 Å². The van der Waals surface area contributed by atoms with E-state index in [2.05, 4.69) is 16.5 Å². The van der Waals surface area contributed by atoms with Crippen LogP contribution in [0, 0.1) is 12.3 Å². The molecule has 31 heavy (non-hydrogen) atoms. The van der Waals surface area contributed by atoms with Crippen molar-refractivity contribution in [1.82, 2.24) is 19.4 Å². The summed E-state index contributed by atoms with van der Waals surface area (Å²) < 4.78 is 41.6. The lowest BCUT2D eigenvalue weighted by Crippen LogP contribution is -2.49. The number of alkyl halides is 3. The molecule has 166 valence electrons. The highest BCUT2D eigenvalue weighted by Gasteiger charge is 2.63. The van der Waals surface area contributed by atoms with Gasteiger partial charge in [-0.25, -0.2) is 9.78 Å². The van der Waals surface area contributed by atoms with Crippen molar-refractivity contribution >= 4 is 34.4 Å². The van der Waals surface area contributed by atoms with Gasteiger partial charge in [0.1, 0.15) is 11.5 Å². The van der Waals surface area contributed by atoms with Gasteiger partial charge in [-0.05, 0) is 31.9 Å². The predicted molar refractivity (Wildman–Crippen MR) is 110 cm³/mol. The summed E-state index contributed by atoms with van der Waals surface area (Å²) in [4.78, 5) is 36.6. The number of anilines is 1. The van der Waals surface area contributed by atoms with Crippen LogP contribution in [0.4, 0.5) is 19.0 Å². The first kappa shape index (κ1) is 21.6. The summed E-state index contributed by atoms with van der Waals surface area (Å²) in [5.74, 6) is 0.128. The zero-order valence-corrected chi connectivity index (χ0v) is 17.6. The van der Waals surface area contributed by atoms with Gasteiger partial charge < -0.3 is 9.80 Å². The van der Waals surface area contributed by atoms with Gasteiger partial charge in [-0.15, -0.1) is 0 Å². The van der Waals surface area contributed by atoms with Crippen LogP contribution in [0.3, 0.4) is 0 Å². The maximum absolute atomic E-state index is 13.5. The van der Waals surface area contributed by atoms with Gasteiger partial charge in [0.15, 0.2) is 0 Å². The van der Waals surface area contributed by atoms with Crippen LogP contribution in [-0.2, 0) is 11.3 Å². The van der Waals surface area contributed by atoms with Gasteiger partial charge in [0, 0.05) is 32.7 Å². The Kier molecular flexibility index (Phi) is 5.23. The van der Waals surface area contributed by atoms with Gasteiger partial charge in [-0.2, -0.15) is 18.2 Å². The van der Waals surface area contributed by atoms with Crippen LogP contribution < -0.4 is 10.6 Å².